The van der Waals surface area contributed by atoms with E-state index in [1.165, 1.54) is 24.0 Å². The van der Waals surface area contributed by atoms with Crippen molar-refractivity contribution in [2.75, 3.05) is 16.8 Å². The number of hydrogen-bond acceptors (Lipinski definition) is 4. The second-order valence-corrected chi connectivity index (χ2v) is 8.01. The molecular weight excluding hydrogens is 399 g/mol. The van der Waals surface area contributed by atoms with Gasteiger partial charge in [-0.2, -0.15) is 0 Å². The molecule has 2 aliphatic rings. The summed E-state index contributed by atoms with van der Waals surface area (Å²) in [4.78, 5) is 43.6. The van der Waals surface area contributed by atoms with E-state index in [2.05, 4.69) is 10.3 Å². The maximum absolute atomic E-state index is 13.8. The summed E-state index contributed by atoms with van der Waals surface area (Å²) in [5.41, 5.74) is 4.00. The normalized spacial score (nSPS) is 19.2. The third-order valence-corrected chi connectivity index (χ3v) is 5.98. The Kier molecular flexibility index (Phi) is 4.59. The standard InChI is InChI=1S/C23H21FN4O3/c1-13(29)25-15-3-5-16(6-4-15)28-22(30)11-21(23(28)31)27-9-8-20-18(12-27)17-10-14(24)2-7-19(17)26-20/h2-7,10,21,26H,8-9,11-12H2,1H3,(H,25,29). The first-order valence-corrected chi connectivity index (χ1v) is 10.2. The van der Waals surface area contributed by atoms with Gasteiger partial charge in [-0.1, -0.05) is 0 Å². The molecule has 7 nitrogen and oxygen atoms in total. The summed E-state index contributed by atoms with van der Waals surface area (Å²) in [6, 6.07) is 10.8. The summed E-state index contributed by atoms with van der Waals surface area (Å²) < 4.78 is 13.8. The van der Waals surface area contributed by atoms with Gasteiger partial charge in [0.15, 0.2) is 0 Å². The number of aromatic nitrogens is 1. The molecule has 3 aromatic rings. The average Bonchev–Trinajstić information content (AvgIpc) is 3.24. The van der Waals surface area contributed by atoms with Crippen molar-refractivity contribution in [3.8, 4) is 0 Å². The second kappa shape index (κ2) is 7.31. The van der Waals surface area contributed by atoms with E-state index in [0.717, 1.165) is 22.2 Å². The Morgan fingerprint density at radius 2 is 1.94 bits per heavy atom. The first kappa shape index (κ1) is 19.4. The molecule has 5 rings (SSSR count). The Labute approximate surface area is 177 Å². The van der Waals surface area contributed by atoms with Crippen LogP contribution in [0.5, 0.6) is 0 Å². The zero-order chi connectivity index (χ0) is 21.7. The quantitative estimate of drug-likeness (QED) is 0.638. The number of fused-ring (bicyclic) bond motifs is 3. The van der Waals surface area contributed by atoms with E-state index in [0.29, 0.717) is 30.9 Å². The van der Waals surface area contributed by atoms with E-state index in [4.69, 9.17) is 0 Å². The molecule has 3 heterocycles. The average molecular weight is 420 g/mol. The van der Waals surface area contributed by atoms with Gasteiger partial charge in [-0.15, -0.1) is 0 Å². The monoisotopic (exact) mass is 420 g/mol. The van der Waals surface area contributed by atoms with Crippen LogP contribution in [0.1, 0.15) is 24.6 Å². The molecule has 0 saturated carbocycles. The van der Waals surface area contributed by atoms with Crippen molar-refractivity contribution in [2.24, 2.45) is 0 Å². The number of rotatable bonds is 3. The van der Waals surface area contributed by atoms with Crippen LogP contribution in [0.4, 0.5) is 15.8 Å². The fraction of sp³-hybridized carbons (Fsp3) is 0.261. The summed E-state index contributed by atoms with van der Waals surface area (Å²) in [6.07, 6.45) is 0.813. The number of aromatic amines is 1. The summed E-state index contributed by atoms with van der Waals surface area (Å²) in [5, 5.41) is 3.49. The summed E-state index contributed by atoms with van der Waals surface area (Å²) in [6.45, 7) is 2.54. The number of halogens is 1. The van der Waals surface area contributed by atoms with Crippen LogP contribution in [-0.4, -0.2) is 40.2 Å². The zero-order valence-corrected chi connectivity index (χ0v) is 16.9. The lowest BCUT2D eigenvalue weighted by atomic mass is 10.0. The molecule has 1 unspecified atom stereocenters. The van der Waals surface area contributed by atoms with Crippen LogP contribution in [-0.2, 0) is 27.3 Å². The lowest BCUT2D eigenvalue weighted by Gasteiger charge is -2.31. The van der Waals surface area contributed by atoms with Crippen LogP contribution in [0.15, 0.2) is 42.5 Å². The van der Waals surface area contributed by atoms with E-state index in [1.54, 1.807) is 30.3 Å². The maximum Gasteiger partial charge on any atom is 0.251 e. The highest BCUT2D eigenvalue weighted by Crippen LogP contribution is 2.33. The van der Waals surface area contributed by atoms with Crippen molar-refractivity contribution in [2.45, 2.75) is 32.4 Å². The van der Waals surface area contributed by atoms with Crippen molar-refractivity contribution >= 4 is 40.0 Å². The predicted molar refractivity (Wildman–Crippen MR) is 114 cm³/mol. The molecule has 0 aliphatic carbocycles. The lowest BCUT2D eigenvalue weighted by molar-refractivity contribution is -0.123. The number of carbonyl (C=O) groups is 3. The molecule has 0 spiro atoms. The van der Waals surface area contributed by atoms with E-state index in [-0.39, 0.29) is 30.0 Å². The first-order chi connectivity index (χ1) is 14.9. The van der Waals surface area contributed by atoms with E-state index in [9.17, 15) is 18.8 Å². The number of imide groups is 1. The van der Waals surface area contributed by atoms with Crippen LogP contribution < -0.4 is 10.2 Å². The Morgan fingerprint density at radius 3 is 2.68 bits per heavy atom. The van der Waals surface area contributed by atoms with Gasteiger partial charge in [0.2, 0.25) is 11.8 Å². The molecule has 0 bridgehead atoms. The number of hydrogen-bond donors (Lipinski definition) is 2. The highest BCUT2D eigenvalue weighted by atomic mass is 19.1. The third-order valence-electron chi connectivity index (χ3n) is 5.98. The van der Waals surface area contributed by atoms with E-state index >= 15 is 0 Å². The topological polar surface area (TPSA) is 85.5 Å². The Hall–Kier alpha value is -3.52. The highest BCUT2D eigenvalue weighted by molar-refractivity contribution is 6.22. The maximum atomic E-state index is 13.8. The van der Waals surface area contributed by atoms with Gasteiger partial charge in [0.1, 0.15) is 5.82 Å². The lowest BCUT2D eigenvalue weighted by Crippen LogP contribution is -2.44. The van der Waals surface area contributed by atoms with Crippen molar-refractivity contribution in [3.63, 3.8) is 0 Å². The molecule has 1 saturated heterocycles. The zero-order valence-electron chi connectivity index (χ0n) is 16.9. The molecule has 1 fully saturated rings. The fourth-order valence-corrected chi connectivity index (χ4v) is 4.54. The minimum absolute atomic E-state index is 0.109. The summed E-state index contributed by atoms with van der Waals surface area (Å²) in [7, 11) is 0. The number of nitrogens with one attached hydrogen (secondary N) is 2. The molecule has 3 amide bonds. The number of anilines is 2. The van der Waals surface area contributed by atoms with Gasteiger partial charge in [0.05, 0.1) is 18.2 Å². The van der Waals surface area contributed by atoms with Gasteiger partial charge in [0, 0.05) is 48.7 Å². The number of amides is 3. The van der Waals surface area contributed by atoms with E-state index in [1.807, 2.05) is 4.90 Å². The smallest absolute Gasteiger partial charge is 0.251 e. The fourth-order valence-electron chi connectivity index (χ4n) is 4.54. The summed E-state index contributed by atoms with van der Waals surface area (Å²) in [5.74, 6) is -1.00. The van der Waals surface area contributed by atoms with E-state index < -0.39 is 6.04 Å². The molecule has 31 heavy (non-hydrogen) atoms. The molecule has 0 radical (unpaired) electrons. The first-order valence-electron chi connectivity index (χ1n) is 10.2. The van der Waals surface area contributed by atoms with Gasteiger partial charge >= 0.3 is 0 Å². The SMILES string of the molecule is CC(=O)Nc1ccc(N2C(=O)CC(N3CCc4[nH]c5ccc(F)cc5c4C3)C2=O)cc1. The van der Waals surface area contributed by atoms with Crippen molar-refractivity contribution < 1.29 is 18.8 Å². The number of H-pyrrole nitrogens is 1. The van der Waals surface area contributed by atoms with Crippen molar-refractivity contribution in [3.05, 3.63) is 59.5 Å². The minimum atomic E-state index is -0.547. The Bertz CT molecular complexity index is 1220. The van der Waals surface area contributed by atoms with Gasteiger partial charge < -0.3 is 10.3 Å². The Balaban J connectivity index is 1.38. The molecule has 1 atom stereocenters. The van der Waals surface area contributed by atoms with Gasteiger partial charge in [-0.3, -0.25) is 19.3 Å². The third kappa shape index (κ3) is 3.38. The molecule has 8 heteroatoms. The highest BCUT2D eigenvalue weighted by Gasteiger charge is 2.43. The largest absolute Gasteiger partial charge is 0.358 e. The second-order valence-electron chi connectivity index (χ2n) is 8.01. The molecule has 2 aliphatic heterocycles. The van der Waals surface area contributed by atoms with Crippen molar-refractivity contribution in [1.82, 2.24) is 9.88 Å². The molecule has 1 aromatic heterocycles. The summed E-state index contributed by atoms with van der Waals surface area (Å²) >= 11 is 0. The van der Waals surface area contributed by atoms with Crippen LogP contribution in [0, 0.1) is 5.82 Å². The van der Waals surface area contributed by atoms with Crippen LogP contribution in [0.2, 0.25) is 0 Å². The molecular formula is C23H21FN4O3. The molecule has 158 valence electrons. The number of nitrogens with zero attached hydrogens (tertiary/aromatic N) is 2. The minimum Gasteiger partial charge on any atom is -0.358 e. The van der Waals surface area contributed by atoms with Gasteiger partial charge in [-0.05, 0) is 48.0 Å². The van der Waals surface area contributed by atoms with Crippen LogP contribution in [0.25, 0.3) is 10.9 Å². The molecule has 2 N–H and O–H groups in total. The van der Waals surface area contributed by atoms with Crippen LogP contribution in [0.3, 0.4) is 0 Å². The van der Waals surface area contributed by atoms with Gasteiger partial charge in [-0.25, -0.2) is 9.29 Å². The van der Waals surface area contributed by atoms with Gasteiger partial charge in [0.25, 0.3) is 5.91 Å². The Morgan fingerprint density at radius 1 is 1.16 bits per heavy atom. The number of carbonyl (C=O) groups excluding carboxylic acids is 3. The predicted octanol–water partition coefficient (Wildman–Crippen LogP) is 2.96. The van der Waals surface area contributed by atoms with Crippen molar-refractivity contribution in [1.29, 1.82) is 0 Å². The molecule has 2 aromatic carbocycles. The number of benzene rings is 2. The van der Waals surface area contributed by atoms with Crippen LogP contribution >= 0.6 is 0 Å².